The molecule has 0 aromatic carbocycles. The van der Waals surface area contributed by atoms with Gasteiger partial charge in [-0.3, -0.25) is 14.9 Å². The largest absolute Gasteiger partial charge is 0.370 e. The number of unbranched alkanes of at least 4 members (excludes halogenated alkanes) is 1. The highest BCUT2D eigenvalue weighted by molar-refractivity contribution is 5.80. The Morgan fingerprint density at radius 3 is 2.71 bits per heavy atom. The third-order valence-electron chi connectivity index (χ3n) is 2.84. The minimum Gasteiger partial charge on any atom is -0.370 e. The van der Waals surface area contributed by atoms with E-state index in [1.807, 2.05) is 13.8 Å². The van der Waals surface area contributed by atoms with Gasteiger partial charge in [0.25, 0.3) is 0 Å². The van der Waals surface area contributed by atoms with Crippen molar-refractivity contribution in [2.45, 2.75) is 26.7 Å². The van der Waals surface area contributed by atoms with E-state index in [9.17, 15) is 14.9 Å². The summed E-state index contributed by atoms with van der Waals surface area (Å²) in [5.74, 6) is 0.158. The van der Waals surface area contributed by atoms with Gasteiger partial charge in [-0.2, -0.15) is 0 Å². The van der Waals surface area contributed by atoms with Crippen molar-refractivity contribution in [3.8, 4) is 0 Å². The summed E-state index contributed by atoms with van der Waals surface area (Å²) in [7, 11) is 0. The Kier molecular flexibility index (Phi) is 6.38. The molecule has 0 atom stereocenters. The van der Waals surface area contributed by atoms with E-state index in [0.29, 0.717) is 18.9 Å². The molecule has 1 aromatic heterocycles. The lowest BCUT2D eigenvalue weighted by atomic mass is 10.2. The number of nitrogens with two attached hydrogens (primary N) is 1. The predicted octanol–water partition coefficient (Wildman–Crippen LogP) is 1.51. The number of aromatic nitrogens is 1. The topological polar surface area (TPSA) is 114 Å². The average molecular weight is 295 g/mol. The van der Waals surface area contributed by atoms with Gasteiger partial charge >= 0.3 is 5.69 Å². The number of anilines is 2. The quantitative estimate of drug-likeness (QED) is 0.527. The van der Waals surface area contributed by atoms with Gasteiger partial charge in [0.1, 0.15) is 5.82 Å². The van der Waals surface area contributed by atoms with E-state index in [4.69, 9.17) is 5.73 Å². The van der Waals surface area contributed by atoms with E-state index in [0.717, 1.165) is 12.8 Å². The summed E-state index contributed by atoms with van der Waals surface area (Å²) in [5, 5.41) is 14.2. The van der Waals surface area contributed by atoms with Gasteiger partial charge < -0.3 is 16.0 Å². The van der Waals surface area contributed by atoms with Crippen LogP contribution in [0, 0.1) is 10.1 Å². The molecule has 0 fully saturated rings. The fourth-order valence-electron chi connectivity index (χ4n) is 1.89. The fraction of sp³-hybridized carbons (Fsp3) is 0.538. The van der Waals surface area contributed by atoms with E-state index in [1.54, 1.807) is 11.0 Å². The molecule has 0 aliphatic rings. The molecule has 1 rings (SSSR count). The number of carbonyl (C=O) groups is 1. The summed E-state index contributed by atoms with van der Waals surface area (Å²) < 4.78 is 0. The molecule has 1 aromatic rings. The second-order valence-corrected chi connectivity index (χ2v) is 4.57. The van der Waals surface area contributed by atoms with E-state index in [1.165, 1.54) is 6.07 Å². The van der Waals surface area contributed by atoms with Crippen molar-refractivity contribution in [2.75, 3.05) is 29.9 Å². The number of hydrogen-bond donors (Lipinski definition) is 2. The fourth-order valence-corrected chi connectivity index (χ4v) is 1.89. The molecule has 8 heteroatoms. The molecule has 116 valence electrons. The Morgan fingerprint density at radius 1 is 1.48 bits per heavy atom. The van der Waals surface area contributed by atoms with E-state index in [2.05, 4.69) is 10.3 Å². The van der Waals surface area contributed by atoms with Crippen LogP contribution in [-0.2, 0) is 4.79 Å². The highest BCUT2D eigenvalue weighted by Crippen LogP contribution is 2.27. The molecule has 0 radical (unpaired) electrons. The van der Waals surface area contributed by atoms with Crippen LogP contribution < -0.4 is 16.0 Å². The van der Waals surface area contributed by atoms with Crippen LogP contribution in [0.4, 0.5) is 17.3 Å². The Balaban J connectivity index is 3.19. The number of primary amides is 1. The first kappa shape index (κ1) is 16.7. The van der Waals surface area contributed by atoms with Gasteiger partial charge in [-0.05, 0) is 19.4 Å². The van der Waals surface area contributed by atoms with Gasteiger partial charge in [0.05, 0.1) is 11.5 Å². The van der Waals surface area contributed by atoms with Gasteiger partial charge in [-0.1, -0.05) is 13.3 Å². The van der Waals surface area contributed by atoms with E-state index < -0.39 is 10.8 Å². The molecule has 0 aliphatic heterocycles. The Bertz CT molecular complexity index is 507. The van der Waals surface area contributed by atoms with Crippen molar-refractivity contribution in [3.63, 3.8) is 0 Å². The van der Waals surface area contributed by atoms with Crippen molar-refractivity contribution in [2.24, 2.45) is 5.73 Å². The lowest BCUT2D eigenvalue weighted by molar-refractivity contribution is -0.384. The van der Waals surface area contributed by atoms with E-state index >= 15 is 0 Å². The first-order valence-electron chi connectivity index (χ1n) is 6.92. The number of nitro groups is 1. The Labute approximate surface area is 123 Å². The first-order valence-corrected chi connectivity index (χ1v) is 6.92. The van der Waals surface area contributed by atoms with Crippen LogP contribution in [0.25, 0.3) is 0 Å². The number of nitrogens with zero attached hydrogens (tertiary/aromatic N) is 3. The summed E-state index contributed by atoms with van der Waals surface area (Å²) in [4.78, 5) is 27.7. The standard InChI is InChI=1S/C13H21N5O3/c1-3-5-8-17(9-11(14)19)13-10(18(20)21)6-7-12(16-13)15-4-2/h6-7H,3-5,8-9H2,1-2H3,(H2,14,19)(H,15,16). The molecule has 0 spiro atoms. The lowest BCUT2D eigenvalue weighted by Gasteiger charge is -2.22. The van der Waals surface area contributed by atoms with Gasteiger partial charge in [0.2, 0.25) is 11.7 Å². The second kappa shape index (κ2) is 8.03. The van der Waals surface area contributed by atoms with Crippen LogP contribution in [0.1, 0.15) is 26.7 Å². The van der Waals surface area contributed by atoms with Crippen molar-refractivity contribution in [1.82, 2.24) is 4.98 Å². The number of rotatable bonds is 9. The molecule has 8 nitrogen and oxygen atoms in total. The summed E-state index contributed by atoms with van der Waals surface area (Å²) in [5.41, 5.74) is 5.10. The second-order valence-electron chi connectivity index (χ2n) is 4.57. The zero-order valence-electron chi connectivity index (χ0n) is 12.3. The summed E-state index contributed by atoms with van der Waals surface area (Å²) in [6.07, 6.45) is 1.69. The Hall–Kier alpha value is -2.38. The molecule has 21 heavy (non-hydrogen) atoms. The van der Waals surface area contributed by atoms with Crippen molar-refractivity contribution < 1.29 is 9.72 Å². The highest BCUT2D eigenvalue weighted by Gasteiger charge is 2.22. The Morgan fingerprint density at radius 2 is 2.19 bits per heavy atom. The number of pyridine rings is 1. The molecule has 0 unspecified atom stereocenters. The van der Waals surface area contributed by atoms with Crippen LogP contribution in [-0.4, -0.2) is 35.4 Å². The summed E-state index contributed by atoms with van der Waals surface area (Å²) in [6.45, 7) is 4.95. The average Bonchev–Trinajstić information content (AvgIpc) is 2.43. The third kappa shape index (κ3) is 4.90. The molecule has 0 bridgehead atoms. The zero-order chi connectivity index (χ0) is 15.8. The maximum Gasteiger partial charge on any atom is 0.311 e. The molecule has 0 saturated heterocycles. The van der Waals surface area contributed by atoms with Crippen molar-refractivity contribution in [3.05, 3.63) is 22.2 Å². The SMILES string of the molecule is CCCCN(CC(N)=O)c1nc(NCC)ccc1[N+](=O)[O-]. The van der Waals surface area contributed by atoms with Crippen LogP contribution in [0.3, 0.4) is 0 Å². The monoisotopic (exact) mass is 295 g/mol. The molecular formula is C13H21N5O3. The smallest absolute Gasteiger partial charge is 0.311 e. The van der Waals surface area contributed by atoms with Crippen LogP contribution >= 0.6 is 0 Å². The number of hydrogen-bond acceptors (Lipinski definition) is 6. The normalized spacial score (nSPS) is 10.2. The number of nitrogens with one attached hydrogen (secondary N) is 1. The molecule has 0 saturated carbocycles. The van der Waals surface area contributed by atoms with Crippen LogP contribution in [0.2, 0.25) is 0 Å². The maximum absolute atomic E-state index is 11.2. The lowest BCUT2D eigenvalue weighted by Crippen LogP contribution is -2.35. The van der Waals surface area contributed by atoms with Crippen molar-refractivity contribution in [1.29, 1.82) is 0 Å². The minimum absolute atomic E-state index is 0.0938. The van der Waals surface area contributed by atoms with Crippen LogP contribution in [0.15, 0.2) is 12.1 Å². The third-order valence-corrected chi connectivity index (χ3v) is 2.84. The summed E-state index contributed by atoms with van der Waals surface area (Å²) >= 11 is 0. The minimum atomic E-state index is -0.545. The van der Waals surface area contributed by atoms with Crippen molar-refractivity contribution >= 4 is 23.2 Å². The molecule has 1 heterocycles. The number of carbonyl (C=O) groups excluding carboxylic acids is 1. The molecule has 1 amide bonds. The summed E-state index contributed by atoms with van der Waals surface area (Å²) in [6, 6.07) is 2.94. The molecular weight excluding hydrogens is 274 g/mol. The number of amides is 1. The van der Waals surface area contributed by atoms with E-state index in [-0.39, 0.29) is 18.1 Å². The first-order chi connectivity index (χ1) is 9.99. The van der Waals surface area contributed by atoms with Gasteiger partial charge in [-0.25, -0.2) is 4.98 Å². The van der Waals surface area contributed by atoms with Gasteiger partial charge in [-0.15, -0.1) is 0 Å². The predicted molar refractivity (Wildman–Crippen MR) is 81.4 cm³/mol. The molecule has 0 aliphatic carbocycles. The van der Waals surface area contributed by atoms with Gasteiger partial charge in [0.15, 0.2) is 0 Å². The van der Waals surface area contributed by atoms with Gasteiger partial charge in [0, 0.05) is 19.2 Å². The molecule has 3 N–H and O–H groups in total. The highest BCUT2D eigenvalue weighted by atomic mass is 16.6. The zero-order valence-corrected chi connectivity index (χ0v) is 12.3. The van der Waals surface area contributed by atoms with Crippen LogP contribution in [0.5, 0.6) is 0 Å². The maximum atomic E-state index is 11.2.